The van der Waals surface area contributed by atoms with Crippen LogP contribution >= 0.6 is 0 Å². The van der Waals surface area contributed by atoms with Gasteiger partial charge >= 0.3 is 0 Å². The van der Waals surface area contributed by atoms with E-state index in [1.165, 1.54) is 6.07 Å². The molecule has 0 fully saturated rings. The molecular weight excluding hydrogens is 267 g/mol. The van der Waals surface area contributed by atoms with E-state index in [1.54, 1.807) is 6.07 Å². The number of halogens is 1. The maximum absolute atomic E-state index is 14.3. The van der Waals surface area contributed by atoms with Gasteiger partial charge in [0.25, 0.3) is 0 Å². The summed E-state index contributed by atoms with van der Waals surface area (Å²) in [4.78, 5) is 2.04. The summed E-state index contributed by atoms with van der Waals surface area (Å²) in [5.41, 5.74) is 1.64. The van der Waals surface area contributed by atoms with Crippen LogP contribution in [-0.4, -0.2) is 30.8 Å². The lowest BCUT2D eigenvalue weighted by molar-refractivity contribution is 0.288. The second-order valence-electron chi connectivity index (χ2n) is 6.14. The van der Waals surface area contributed by atoms with Gasteiger partial charge in [-0.15, -0.1) is 0 Å². The molecule has 4 heteroatoms. The molecule has 120 valence electrons. The van der Waals surface area contributed by atoms with E-state index in [1.807, 2.05) is 11.0 Å². The maximum Gasteiger partial charge on any atom is 0.146 e. The van der Waals surface area contributed by atoms with Crippen molar-refractivity contribution >= 4 is 5.69 Å². The number of para-hydroxylation sites is 1. The number of hydrogen-bond donors (Lipinski definition) is 2. The van der Waals surface area contributed by atoms with Crippen LogP contribution in [0.15, 0.2) is 18.2 Å². The van der Waals surface area contributed by atoms with Gasteiger partial charge in [-0.25, -0.2) is 4.39 Å². The number of benzene rings is 1. The summed E-state index contributed by atoms with van der Waals surface area (Å²) in [5, 5.41) is 12.4. The lowest BCUT2D eigenvalue weighted by Gasteiger charge is -2.31. The van der Waals surface area contributed by atoms with Crippen LogP contribution in [0.4, 0.5) is 10.1 Å². The lowest BCUT2D eigenvalue weighted by Crippen LogP contribution is -2.34. The Labute approximate surface area is 128 Å². The highest BCUT2D eigenvalue weighted by molar-refractivity contribution is 5.55. The predicted molar refractivity (Wildman–Crippen MR) is 87.1 cm³/mol. The quantitative estimate of drug-likeness (QED) is 0.735. The smallest absolute Gasteiger partial charge is 0.146 e. The summed E-state index contributed by atoms with van der Waals surface area (Å²) >= 11 is 0. The van der Waals surface area contributed by atoms with Gasteiger partial charge in [0, 0.05) is 25.7 Å². The van der Waals surface area contributed by atoms with Gasteiger partial charge in [-0.05, 0) is 44.4 Å². The van der Waals surface area contributed by atoms with Gasteiger partial charge in [0.05, 0.1) is 5.69 Å². The molecule has 1 aromatic carbocycles. The third-order valence-corrected chi connectivity index (χ3v) is 3.41. The van der Waals surface area contributed by atoms with E-state index in [0.717, 1.165) is 12.1 Å². The van der Waals surface area contributed by atoms with E-state index in [4.69, 9.17) is 5.11 Å². The van der Waals surface area contributed by atoms with E-state index in [2.05, 4.69) is 33.0 Å². The van der Waals surface area contributed by atoms with Gasteiger partial charge in [0.15, 0.2) is 0 Å². The monoisotopic (exact) mass is 296 g/mol. The van der Waals surface area contributed by atoms with Crippen molar-refractivity contribution in [1.29, 1.82) is 0 Å². The number of nitrogens with one attached hydrogen (secondary N) is 1. The molecule has 0 atom stereocenters. The molecule has 0 amide bonds. The molecule has 0 aliphatic rings. The molecule has 0 radical (unpaired) electrons. The Hall–Kier alpha value is -1.13. The van der Waals surface area contributed by atoms with Gasteiger partial charge < -0.3 is 15.3 Å². The first-order valence-electron chi connectivity index (χ1n) is 7.83. The van der Waals surface area contributed by atoms with Gasteiger partial charge in [0.2, 0.25) is 0 Å². The average Bonchev–Trinajstić information content (AvgIpc) is 2.40. The zero-order valence-electron chi connectivity index (χ0n) is 13.7. The summed E-state index contributed by atoms with van der Waals surface area (Å²) in [6.45, 7) is 10.8. The Bertz CT molecular complexity index is 421. The second-order valence-corrected chi connectivity index (χ2v) is 6.14. The first-order valence-corrected chi connectivity index (χ1v) is 7.83. The molecule has 1 rings (SSSR count). The van der Waals surface area contributed by atoms with Gasteiger partial charge in [-0.3, -0.25) is 0 Å². The highest BCUT2D eigenvalue weighted by atomic mass is 19.1. The van der Waals surface area contributed by atoms with E-state index < -0.39 is 0 Å². The number of nitrogens with zero attached hydrogens (tertiary/aromatic N) is 1. The Morgan fingerprint density at radius 3 is 2.52 bits per heavy atom. The van der Waals surface area contributed by atoms with Gasteiger partial charge in [0.1, 0.15) is 5.82 Å². The maximum atomic E-state index is 14.3. The van der Waals surface area contributed by atoms with Crippen LogP contribution in [0, 0.1) is 11.7 Å². The van der Waals surface area contributed by atoms with Crippen molar-refractivity contribution in [2.24, 2.45) is 5.92 Å². The largest absolute Gasteiger partial charge is 0.396 e. The molecular formula is C17H29FN2O. The van der Waals surface area contributed by atoms with Crippen molar-refractivity contribution in [2.75, 3.05) is 24.6 Å². The van der Waals surface area contributed by atoms with E-state index in [9.17, 15) is 4.39 Å². The van der Waals surface area contributed by atoms with E-state index in [-0.39, 0.29) is 18.5 Å². The summed E-state index contributed by atoms with van der Waals surface area (Å²) in [7, 11) is 0. The van der Waals surface area contributed by atoms with Gasteiger partial charge in [-0.2, -0.15) is 0 Å². The first-order chi connectivity index (χ1) is 9.97. The molecule has 0 bridgehead atoms. The number of aliphatic hydroxyl groups excluding tert-OH is 1. The SMILES string of the molecule is CC(C)CNCc1cccc(F)c1N(CCCO)C(C)C. The zero-order valence-corrected chi connectivity index (χ0v) is 13.7. The molecule has 0 heterocycles. The van der Waals surface area contributed by atoms with Crippen molar-refractivity contribution < 1.29 is 9.50 Å². The highest BCUT2D eigenvalue weighted by Crippen LogP contribution is 2.26. The second kappa shape index (κ2) is 9.00. The fourth-order valence-corrected chi connectivity index (χ4v) is 2.39. The molecule has 0 aliphatic carbocycles. The van der Waals surface area contributed by atoms with Crippen LogP contribution in [0.25, 0.3) is 0 Å². The fourth-order valence-electron chi connectivity index (χ4n) is 2.39. The lowest BCUT2D eigenvalue weighted by atomic mass is 10.1. The summed E-state index contributed by atoms with van der Waals surface area (Å²) in [5.74, 6) is 0.378. The predicted octanol–water partition coefficient (Wildman–Crippen LogP) is 3.17. The van der Waals surface area contributed by atoms with E-state index >= 15 is 0 Å². The minimum absolute atomic E-state index is 0.124. The van der Waals surface area contributed by atoms with Crippen molar-refractivity contribution in [3.05, 3.63) is 29.6 Å². The molecule has 0 spiro atoms. The molecule has 2 N–H and O–H groups in total. The third-order valence-electron chi connectivity index (χ3n) is 3.41. The van der Waals surface area contributed by atoms with Crippen LogP contribution in [0.1, 0.15) is 39.7 Å². The summed E-state index contributed by atoms with van der Waals surface area (Å²) < 4.78 is 14.3. The number of hydrogen-bond acceptors (Lipinski definition) is 3. The van der Waals surface area contributed by atoms with Crippen LogP contribution in [0.2, 0.25) is 0 Å². The van der Waals surface area contributed by atoms with Crippen molar-refractivity contribution in [3.8, 4) is 0 Å². The first kappa shape index (κ1) is 17.9. The minimum atomic E-state index is -0.189. The molecule has 0 aromatic heterocycles. The molecule has 1 aromatic rings. The molecule has 0 saturated carbocycles. The fraction of sp³-hybridized carbons (Fsp3) is 0.647. The Morgan fingerprint density at radius 1 is 1.24 bits per heavy atom. The van der Waals surface area contributed by atoms with Crippen molar-refractivity contribution in [1.82, 2.24) is 5.32 Å². The van der Waals surface area contributed by atoms with Crippen LogP contribution < -0.4 is 10.2 Å². The Balaban J connectivity index is 2.95. The highest BCUT2D eigenvalue weighted by Gasteiger charge is 2.18. The van der Waals surface area contributed by atoms with Gasteiger partial charge in [-0.1, -0.05) is 26.0 Å². The molecule has 0 saturated heterocycles. The molecule has 0 aliphatic heterocycles. The van der Waals surface area contributed by atoms with Crippen molar-refractivity contribution in [3.63, 3.8) is 0 Å². The molecule has 3 nitrogen and oxygen atoms in total. The normalized spacial score (nSPS) is 11.4. The topological polar surface area (TPSA) is 35.5 Å². The van der Waals surface area contributed by atoms with Crippen LogP contribution in [0.3, 0.4) is 0 Å². The third kappa shape index (κ3) is 5.64. The standard InChI is InChI=1S/C17H29FN2O/c1-13(2)11-19-12-15-7-5-8-16(18)17(15)20(14(3)4)9-6-10-21/h5,7-8,13-14,19,21H,6,9-12H2,1-4H3. The number of anilines is 1. The summed E-state index contributed by atoms with van der Waals surface area (Å²) in [6.07, 6.45) is 0.644. The zero-order chi connectivity index (χ0) is 15.8. The average molecular weight is 296 g/mol. The van der Waals surface area contributed by atoms with Crippen LogP contribution in [-0.2, 0) is 6.54 Å². The minimum Gasteiger partial charge on any atom is -0.396 e. The Morgan fingerprint density at radius 2 is 1.95 bits per heavy atom. The molecule has 21 heavy (non-hydrogen) atoms. The van der Waals surface area contributed by atoms with E-state index in [0.29, 0.717) is 31.1 Å². The van der Waals surface area contributed by atoms with Crippen LogP contribution in [0.5, 0.6) is 0 Å². The number of rotatable bonds is 9. The summed E-state index contributed by atoms with van der Waals surface area (Å²) in [6, 6.07) is 5.43. The molecule has 0 unspecified atom stereocenters. The Kier molecular flexibility index (Phi) is 7.68. The number of aliphatic hydroxyl groups is 1. The van der Waals surface area contributed by atoms with Crippen molar-refractivity contribution in [2.45, 2.75) is 46.7 Å².